The summed E-state index contributed by atoms with van der Waals surface area (Å²) in [5.41, 5.74) is 3.09. The van der Waals surface area contributed by atoms with Gasteiger partial charge in [0, 0.05) is 11.6 Å². The second-order valence-corrected chi connectivity index (χ2v) is 9.95. The molecule has 194 valence electrons. The van der Waals surface area contributed by atoms with Crippen LogP contribution in [0.1, 0.15) is 29.5 Å². The van der Waals surface area contributed by atoms with Gasteiger partial charge < -0.3 is 20.1 Å². The zero-order valence-electron chi connectivity index (χ0n) is 20.6. The molecule has 0 spiro atoms. The van der Waals surface area contributed by atoms with Crippen LogP contribution in [0, 0.1) is 31.1 Å². The normalized spacial score (nSPS) is 17.1. The number of amides is 2. The van der Waals surface area contributed by atoms with Crippen LogP contribution in [0.4, 0.5) is 5.69 Å². The third-order valence-electron chi connectivity index (χ3n) is 5.88. The highest BCUT2D eigenvalue weighted by Crippen LogP contribution is 2.44. The Bertz CT molecular complexity index is 1300. The highest BCUT2D eigenvalue weighted by Gasteiger charge is 2.44. The summed E-state index contributed by atoms with van der Waals surface area (Å²) in [4.78, 5) is 38.3. The maximum absolute atomic E-state index is 13.0. The van der Waals surface area contributed by atoms with Crippen LogP contribution < -0.4 is 15.4 Å². The number of thioether (sulfide) groups is 1. The number of anilines is 1. The Morgan fingerprint density at radius 3 is 2.49 bits per heavy atom. The standard InChI is InChI=1S/C26H25Cl2N3O5S/c1-5-36-23-17(27)9-15(10-18(23)28)21-16(11-29)25(31-24(33)22(21)26(34)35-4)37-12-20(32)30-19-8-6-7-13(2)14(19)3/h6-10,21-22H,5,12H2,1-4H3,(H,30,32)(H,31,33)/t21-,22-/m0/s1. The smallest absolute Gasteiger partial charge is 0.319 e. The van der Waals surface area contributed by atoms with Crippen molar-refractivity contribution in [2.24, 2.45) is 5.92 Å². The fraction of sp³-hybridized carbons (Fsp3) is 0.308. The lowest BCUT2D eigenvalue weighted by Gasteiger charge is -2.31. The first-order valence-corrected chi connectivity index (χ1v) is 13.0. The molecule has 2 amide bonds. The Morgan fingerprint density at radius 2 is 1.89 bits per heavy atom. The summed E-state index contributed by atoms with van der Waals surface area (Å²) in [5.74, 6) is -4.06. The van der Waals surface area contributed by atoms with Crippen LogP contribution >= 0.6 is 35.0 Å². The highest BCUT2D eigenvalue weighted by molar-refractivity contribution is 8.03. The van der Waals surface area contributed by atoms with Gasteiger partial charge in [-0.2, -0.15) is 5.26 Å². The lowest BCUT2D eigenvalue weighted by atomic mass is 9.78. The van der Waals surface area contributed by atoms with Crippen molar-refractivity contribution in [1.29, 1.82) is 5.26 Å². The zero-order valence-corrected chi connectivity index (χ0v) is 22.9. The van der Waals surface area contributed by atoms with Crippen molar-refractivity contribution in [2.45, 2.75) is 26.7 Å². The fourth-order valence-corrected chi connectivity index (χ4v) is 5.39. The predicted octanol–water partition coefficient (Wildman–Crippen LogP) is 5.12. The predicted molar refractivity (Wildman–Crippen MR) is 144 cm³/mol. The molecule has 2 N–H and O–H groups in total. The quantitative estimate of drug-likeness (QED) is 0.339. The number of esters is 1. The molecule has 0 aromatic heterocycles. The minimum absolute atomic E-state index is 0.0795. The summed E-state index contributed by atoms with van der Waals surface area (Å²) >= 11 is 13.7. The van der Waals surface area contributed by atoms with E-state index in [4.69, 9.17) is 32.7 Å². The molecule has 0 saturated heterocycles. The topological polar surface area (TPSA) is 118 Å². The van der Waals surface area contributed by atoms with E-state index in [1.165, 1.54) is 12.1 Å². The number of methoxy groups -OCH3 is 1. The average Bonchev–Trinajstić information content (AvgIpc) is 2.86. The van der Waals surface area contributed by atoms with Gasteiger partial charge in [0.05, 0.1) is 46.2 Å². The van der Waals surface area contributed by atoms with Gasteiger partial charge in [-0.15, -0.1) is 0 Å². The number of hydrogen-bond acceptors (Lipinski definition) is 7. The van der Waals surface area contributed by atoms with E-state index in [0.29, 0.717) is 17.9 Å². The van der Waals surface area contributed by atoms with Gasteiger partial charge >= 0.3 is 5.97 Å². The molecule has 2 aromatic rings. The van der Waals surface area contributed by atoms with E-state index in [0.717, 1.165) is 30.0 Å². The Balaban J connectivity index is 1.97. The Hall–Kier alpha value is -3.19. The van der Waals surface area contributed by atoms with Crippen LogP contribution in [0.25, 0.3) is 0 Å². The molecule has 1 aliphatic rings. The fourth-order valence-electron chi connectivity index (χ4n) is 3.93. The number of halogens is 2. The zero-order chi connectivity index (χ0) is 27.3. The van der Waals surface area contributed by atoms with E-state index in [-0.39, 0.29) is 38.1 Å². The summed E-state index contributed by atoms with van der Waals surface area (Å²) < 4.78 is 10.3. The molecule has 8 nitrogen and oxygen atoms in total. The number of benzene rings is 2. The van der Waals surface area contributed by atoms with Crippen LogP contribution in [0.2, 0.25) is 10.0 Å². The number of rotatable bonds is 8. The number of aryl methyl sites for hydroxylation is 1. The molecule has 2 atom stereocenters. The number of allylic oxidation sites excluding steroid dienone is 1. The molecule has 0 bridgehead atoms. The number of carbonyl (C=O) groups excluding carboxylic acids is 3. The molecule has 3 rings (SSSR count). The van der Waals surface area contributed by atoms with Gasteiger partial charge in [-0.1, -0.05) is 47.1 Å². The molecule has 0 radical (unpaired) electrons. The first kappa shape index (κ1) is 28.4. The van der Waals surface area contributed by atoms with Crippen molar-refractivity contribution in [3.8, 4) is 11.8 Å². The van der Waals surface area contributed by atoms with Crippen LogP contribution in [0.15, 0.2) is 40.9 Å². The summed E-state index contributed by atoms with van der Waals surface area (Å²) in [6.07, 6.45) is 0. The SMILES string of the molecule is CCOc1c(Cl)cc([C@H]2C(C#N)=C(SCC(=O)Nc3cccc(C)c3C)NC(=O)[C@H]2C(=O)OC)cc1Cl. The summed E-state index contributed by atoms with van der Waals surface area (Å²) in [6, 6.07) is 10.7. The lowest BCUT2D eigenvalue weighted by Crippen LogP contribution is -2.44. The van der Waals surface area contributed by atoms with E-state index < -0.39 is 23.7 Å². The molecule has 37 heavy (non-hydrogen) atoms. The minimum Gasteiger partial charge on any atom is -0.491 e. The average molecular weight is 562 g/mol. The van der Waals surface area contributed by atoms with Gasteiger partial charge in [-0.05, 0) is 55.7 Å². The molecule has 2 aromatic carbocycles. The molecule has 0 fully saturated rings. The van der Waals surface area contributed by atoms with E-state index in [1.54, 1.807) is 13.0 Å². The summed E-state index contributed by atoms with van der Waals surface area (Å²) in [7, 11) is 1.16. The van der Waals surface area contributed by atoms with Crippen molar-refractivity contribution in [1.82, 2.24) is 5.32 Å². The molecular formula is C26H25Cl2N3O5S. The van der Waals surface area contributed by atoms with Gasteiger partial charge in [0.15, 0.2) is 5.75 Å². The maximum atomic E-state index is 13.0. The van der Waals surface area contributed by atoms with Gasteiger partial charge in [0.1, 0.15) is 5.92 Å². The molecule has 0 saturated carbocycles. The van der Waals surface area contributed by atoms with Gasteiger partial charge in [-0.25, -0.2) is 0 Å². The van der Waals surface area contributed by atoms with E-state index in [9.17, 15) is 19.6 Å². The third-order valence-corrected chi connectivity index (χ3v) is 7.46. The van der Waals surface area contributed by atoms with E-state index in [1.807, 2.05) is 26.0 Å². The largest absolute Gasteiger partial charge is 0.491 e. The van der Waals surface area contributed by atoms with Gasteiger partial charge in [0.25, 0.3) is 0 Å². The van der Waals surface area contributed by atoms with Crippen LogP contribution in [-0.2, 0) is 19.1 Å². The first-order chi connectivity index (χ1) is 17.6. The second kappa shape index (κ2) is 12.4. The number of hydrogen-bond donors (Lipinski definition) is 2. The molecule has 1 heterocycles. The number of nitriles is 1. The summed E-state index contributed by atoms with van der Waals surface area (Å²) in [5, 5.41) is 16.0. The molecule has 0 aliphatic carbocycles. The highest BCUT2D eigenvalue weighted by atomic mass is 35.5. The Kier molecular flexibility index (Phi) is 9.49. The lowest BCUT2D eigenvalue weighted by molar-refractivity contribution is -0.150. The second-order valence-electron chi connectivity index (χ2n) is 8.15. The molecule has 11 heteroatoms. The van der Waals surface area contributed by atoms with Crippen LogP contribution in [-0.4, -0.2) is 37.3 Å². The van der Waals surface area contributed by atoms with Crippen molar-refractivity contribution < 1.29 is 23.9 Å². The van der Waals surface area contributed by atoms with Gasteiger partial charge in [-0.3, -0.25) is 14.4 Å². The van der Waals surface area contributed by atoms with Crippen molar-refractivity contribution in [3.05, 3.63) is 67.7 Å². The monoisotopic (exact) mass is 561 g/mol. The van der Waals surface area contributed by atoms with Crippen molar-refractivity contribution in [2.75, 3.05) is 24.8 Å². The number of ether oxygens (including phenoxy) is 2. The van der Waals surface area contributed by atoms with E-state index >= 15 is 0 Å². The van der Waals surface area contributed by atoms with Crippen LogP contribution in [0.3, 0.4) is 0 Å². The first-order valence-electron chi connectivity index (χ1n) is 11.3. The third kappa shape index (κ3) is 6.21. The number of carbonyl (C=O) groups is 3. The Morgan fingerprint density at radius 1 is 1.22 bits per heavy atom. The van der Waals surface area contributed by atoms with Crippen molar-refractivity contribution in [3.63, 3.8) is 0 Å². The van der Waals surface area contributed by atoms with Gasteiger partial charge in [0.2, 0.25) is 11.8 Å². The molecule has 0 unspecified atom stereocenters. The number of nitrogens with one attached hydrogen (secondary N) is 2. The van der Waals surface area contributed by atoms with E-state index in [2.05, 4.69) is 16.7 Å². The maximum Gasteiger partial charge on any atom is 0.319 e. The van der Waals surface area contributed by atoms with Crippen molar-refractivity contribution >= 4 is 58.4 Å². The van der Waals surface area contributed by atoms with Crippen LogP contribution in [0.5, 0.6) is 5.75 Å². The molecule has 1 aliphatic heterocycles. The number of nitrogens with zero attached hydrogens (tertiary/aromatic N) is 1. The Labute approximate surface area is 229 Å². The minimum atomic E-state index is -1.36. The summed E-state index contributed by atoms with van der Waals surface area (Å²) in [6.45, 7) is 5.94. The molecular weight excluding hydrogens is 537 g/mol.